The minimum absolute atomic E-state index is 0.0173. The number of carbonyl (C=O) groups excluding carboxylic acids is 1. The maximum Gasteiger partial charge on any atom is 0.248 e. The smallest absolute Gasteiger partial charge is 0.248 e. The Bertz CT molecular complexity index is 1010. The van der Waals surface area contributed by atoms with Crippen LogP contribution in [0.4, 0.5) is 17.5 Å². The molecule has 33 heavy (non-hydrogen) atoms. The van der Waals surface area contributed by atoms with E-state index in [2.05, 4.69) is 38.6 Å². The van der Waals surface area contributed by atoms with Crippen molar-refractivity contribution in [3.05, 3.63) is 23.7 Å². The van der Waals surface area contributed by atoms with Gasteiger partial charge in [0, 0.05) is 25.8 Å². The summed E-state index contributed by atoms with van der Waals surface area (Å²) in [6, 6.07) is 2.53. The van der Waals surface area contributed by atoms with Gasteiger partial charge in [-0.2, -0.15) is 15.3 Å². The van der Waals surface area contributed by atoms with Crippen molar-refractivity contribution in [2.75, 3.05) is 63.6 Å². The zero-order valence-electron chi connectivity index (χ0n) is 19.3. The number of rotatable bonds is 8. The van der Waals surface area contributed by atoms with Crippen molar-refractivity contribution >= 4 is 23.4 Å². The molecule has 0 aromatic carbocycles. The number of likely N-dealkylation sites (tertiary alicyclic amines) is 1. The molecule has 0 bridgehead atoms. The molecule has 2 fully saturated rings. The van der Waals surface area contributed by atoms with Crippen LogP contribution in [0.5, 0.6) is 0 Å². The number of nitrogens with one attached hydrogen (secondary N) is 2. The van der Waals surface area contributed by atoms with E-state index in [1.165, 1.54) is 6.20 Å². The first-order valence-corrected chi connectivity index (χ1v) is 11.4. The van der Waals surface area contributed by atoms with Gasteiger partial charge in [0.2, 0.25) is 11.9 Å². The number of nitriles is 1. The number of carbonyl (C=O) groups is 1. The molecule has 1 amide bonds. The van der Waals surface area contributed by atoms with Gasteiger partial charge in [0.15, 0.2) is 0 Å². The number of morpholine rings is 1. The summed E-state index contributed by atoms with van der Waals surface area (Å²) in [5, 5.41) is 20.6. The molecule has 2 N–H and O–H groups in total. The van der Waals surface area contributed by atoms with E-state index in [0.29, 0.717) is 49.6 Å². The summed E-state index contributed by atoms with van der Waals surface area (Å²) in [6.45, 7) is 6.68. The molecule has 2 aromatic heterocycles. The average molecular weight is 454 g/mol. The zero-order chi connectivity index (χ0) is 23.2. The minimum Gasteiger partial charge on any atom is -0.370 e. The number of hydrogen-bond acceptors (Lipinski definition) is 9. The summed E-state index contributed by atoms with van der Waals surface area (Å²) in [5.41, 5.74) is 2.11. The summed E-state index contributed by atoms with van der Waals surface area (Å²) in [4.78, 5) is 24.8. The second-order valence-electron chi connectivity index (χ2n) is 8.55. The van der Waals surface area contributed by atoms with Gasteiger partial charge in [0.05, 0.1) is 30.2 Å². The fourth-order valence-corrected chi connectivity index (χ4v) is 4.09. The van der Waals surface area contributed by atoms with E-state index in [4.69, 9.17) is 9.84 Å². The van der Waals surface area contributed by atoms with E-state index < -0.39 is 0 Å². The zero-order valence-corrected chi connectivity index (χ0v) is 19.3. The predicted octanol–water partition coefficient (Wildman–Crippen LogP) is 1.52. The molecule has 0 aliphatic carbocycles. The van der Waals surface area contributed by atoms with Gasteiger partial charge in [0.1, 0.15) is 24.1 Å². The number of hydrogen-bond donors (Lipinski definition) is 2. The molecule has 11 nitrogen and oxygen atoms in total. The van der Waals surface area contributed by atoms with Gasteiger partial charge in [-0.1, -0.05) is 0 Å². The van der Waals surface area contributed by atoms with Crippen molar-refractivity contribution in [3.63, 3.8) is 0 Å². The molecule has 176 valence electrons. The third-order valence-electron chi connectivity index (χ3n) is 6.12. The van der Waals surface area contributed by atoms with Crippen molar-refractivity contribution in [2.45, 2.75) is 32.2 Å². The van der Waals surface area contributed by atoms with E-state index in [1.807, 2.05) is 17.8 Å². The van der Waals surface area contributed by atoms with E-state index >= 15 is 0 Å². The van der Waals surface area contributed by atoms with Gasteiger partial charge in [0.25, 0.3) is 0 Å². The van der Waals surface area contributed by atoms with Crippen LogP contribution in [0.2, 0.25) is 0 Å². The number of aryl methyl sites for hydroxylation is 1. The summed E-state index contributed by atoms with van der Waals surface area (Å²) in [7, 11) is 2.15. The van der Waals surface area contributed by atoms with Crippen LogP contribution in [0, 0.1) is 18.3 Å². The molecule has 0 saturated carbocycles. The van der Waals surface area contributed by atoms with Crippen LogP contribution in [0.25, 0.3) is 0 Å². The van der Waals surface area contributed by atoms with Crippen LogP contribution in [0.15, 0.2) is 12.4 Å². The topological polar surface area (TPSA) is 124 Å². The van der Waals surface area contributed by atoms with Crippen LogP contribution in [0.3, 0.4) is 0 Å². The highest BCUT2D eigenvalue weighted by atomic mass is 16.5. The van der Waals surface area contributed by atoms with Crippen molar-refractivity contribution in [1.82, 2.24) is 29.5 Å². The monoisotopic (exact) mass is 453 g/mol. The van der Waals surface area contributed by atoms with E-state index in [1.54, 1.807) is 4.90 Å². The highest BCUT2D eigenvalue weighted by Crippen LogP contribution is 2.26. The molecule has 2 aliphatic heterocycles. The first-order valence-electron chi connectivity index (χ1n) is 11.4. The summed E-state index contributed by atoms with van der Waals surface area (Å²) in [6.07, 6.45) is 6.42. The van der Waals surface area contributed by atoms with Gasteiger partial charge in [-0.3, -0.25) is 9.48 Å². The fraction of sp³-hybridized carbons (Fsp3) is 0.591. The Labute approximate surface area is 193 Å². The lowest BCUT2D eigenvalue weighted by Gasteiger charge is -2.28. The van der Waals surface area contributed by atoms with Crippen molar-refractivity contribution in [2.24, 2.45) is 0 Å². The van der Waals surface area contributed by atoms with Gasteiger partial charge in [-0.05, 0) is 46.3 Å². The number of nitrogens with zero attached hydrogens (tertiary/aromatic N) is 7. The molecule has 2 aromatic rings. The van der Waals surface area contributed by atoms with E-state index in [-0.39, 0.29) is 12.5 Å². The molecule has 0 unspecified atom stereocenters. The second-order valence-corrected chi connectivity index (χ2v) is 8.55. The number of aromatic nitrogens is 4. The van der Waals surface area contributed by atoms with Crippen LogP contribution >= 0.6 is 0 Å². The molecule has 2 saturated heterocycles. The second kappa shape index (κ2) is 10.6. The Morgan fingerprint density at radius 2 is 2.12 bits per heavy atom. The standard InChI is InChI=1S/C22H31N9O2/c1-16-19(14-31(28-16)18-4-8-29(2)9-5-18)26-22-25-13-17(12-23)21(27-22)24-6-3-7-30-10-11-33-15-20(30)32/h13-14,18H,3-11,15H2,1-2H3,(H2,24,25,26,27). The molecule has 0 atom stereocenters. The molecule has 11 heteroatoms. The summed E-state index contributed by atoms with van der Waals surface area (Å²) >= 11 is 0. The average Bonchev–Trinajstić information content (AvgIpc) is 3.18. The van der Waals surface area contributed by atoms with Crippen molar-refractivity contribution in [3.8, 4) is 6.07 Å². The van der Waals surface area contributed by atoms with E-state index in [0.717, 1.165) is 43.7 Å². The van der Waals surface area contributed by atoms with Crippen LogP contribution < -0.4 is 10.6 Å². The molecule has 0 radical (unpaired) electrons. The first-order chi connectivity index (χ1) is 16.0. The Kier molecular flexibility index (Phi) is 7.36. The van der Waals surface area contributed by atoms with Gasteiger partial charge >= 0.3 is 0 Å². The van der Waals surface area contributed by atoms with Crippen LogP contribution in [-0.2, 0) is 9.53 Å². The lowest BCUT2D eigenvalue weighted by Crippen LogP contribution is -2.42. The van der Waals surface area contributed by atoms with Gasteiger partial charge in [-0.25, -0.2) is 4.98 Å². The van der Waals surface area contributed by atoms with Crippen molar-refractivity contribution < 1.29 is 9.53 Å². The van der Waals surface area contributed by atoms with Gasteiger partial charge < -0.3 is 25.2 Å². The molecule has 4 heterocycles. The third-order valence-corrected chi connectivity index (χ3v) is 6.12. The Morgan fingerprint density at radius 3 is 2.88 bits per heavy atom. The largest absolute Gasteiger partial charge is 0.370 e. The molecule has 0 spiro atoms. The minimum atomic E-state index is 0.0173. The SMILES string of the molecule is Cc1nn(C2CCN(C)CC2)cc1Nc1ncc(C#N)c(NCCCN2CCOCC2=O)n1. The number of piperidine rings is 1. The maximum atomic E-state index is 11.8. The first kappa shape index (κ1) is 22.9. The van der Waals surface area contributed by atoms with Crippen LogP contribution in [-0.4, -0.2) is 88.4 Å². The lowest BCUT2D eigenvalue weighted by atomic mass is 10.1. The van der Waals surface area contributed by atoms with Crippen LogP contribution in [0.1, 0.15) is 36.6 Å². The highest BCUT2D eigenvalue weighted by Gasteiger charge is 2.21. The fourth-order valence-electron chi connectivity index (χ4n) is 4.09. The number of ether oxygens (including phenoxy) is 1. The summed E-state index contributed by atoms with van der Waals surface area (Å²) < 4.78 is 7.20. The molecular formula is C22H31N9O2. The molecule has 2 aliphatic rings. The van der Waals surface area contributed by atoms with Crippen molar-refractivity contribution in [1.29, 1.82) is 5.26 Å². The Hall–Kier alpha value is -3.23. The predicted molar refractivity (Wildman–Crippen MR) is 123 cm³/mol. The maximum absolute atomic E-state index is 11.8. The van der Waals surface area contributed by atoms with E-state index in [9.17, 15) is 10.1 Å². The molecule has 4 rings (SSSR count). The lowest BCUT2D eigenvalue weighted by molar-refractivity contribution is -0.142. The quantitative estimate of drug-likeness (QED) is 0.573. The summed E-state index contributed by atoms with van der Waals surface area (Å²) in [5.74, 6) is 0.901. The normalized spacial score (nSPS) is 17.7. The Balaban J connectivity index is 1.36. The Morgan fingerprint density at radius 1 is 1.30 bits per heavy atom. The highest BCUT2D eigenvalue weighted by molar-refractivity contribution is 5.77. The number of anilines is 3. The number of amides is 1. The van der Waals surface area contributed by atoms with Gasteiger partial charge in [-0.15, -0.1) is 0 Å². The third kappa shape index (κ3) is 5.77. The molecular weight excluding hydrogens is 422 g/mol.